The van der Waals surface area contributed by atoms with Crippen LogP contribution in [0.1, 0.15) is 25.3 Å². The number of carbonyl (C=O) groups is 1. The van der Waals surface area contributed by atoms with E-state index in [2.05, 4.69) is 0 Å². The third-order valence-electron chi connectivity index (χ3n) is 2.46. The smallest absolute Gasteiger partial charge is 0.238 e. The van der Waals surface area contributed by atoms with Gasteiger partial charge in [-0.2, -0.15) is 0 Å². The van der Waals surface area contributed by atoms with E-state index in [0.29, 0.717) is 0 Å². The second-order valence-electron chi connectivity index (χ2n) is 3.85. The van der Waals surface area contributed by atoms with Crippen LogP contribution in [0.3, 0.4) is 0 Å². The van der Waals surface area contributed by atoms with Gasteiger partial charge in [-0.3, -0.25) is 4.79 Å². The van der Waals surface area contributed by atoms with Gasteiger partial charge in [-0.25, -0.2) is 17.9 Å². The molecule has 0 aliphatic rings. The topological polar surface area (TPSA) is 77.2 Å². The predicted octanol–water partition coefficient (Wildman–Crippen LogP) is 1.36. The highest BCUT2D eigenvalue weighted by Crippen LogP contribution is 2.28. The molecule has 1 aromatic carbocycles. The third kappa shape index (κ3) is 3.10. The summed E-state index contributed by atoms with van der Waals surface area (Å²) in [5.74, 6) is -1.54. The second kappa shape index (κ2) is 4.93. The minimum absolute atomic E-state index is 0.109. The quantitative estimate of drug-likeness (QED) is 0.887. The Morgan fingerprint density at radius 1 is 1.35 bits per heavy atom. The van der Waals surface area contributed by atoms with Crippen molar-refractivity contribution in [1.82, 2.24) is 0 Å². The molecule has 0 aliphatic heterocycles. The Bertz CT molecular complexity index is 525. The summed E-state index contributed by atoms with van der Waals surface area (Å²) in [6, 6.07) is 5.69. The summed E-state index contributed by atoms with van der Waals surface area (Å²) in [6.07, 6.45) is -1.48. The van der Waals surface area contributed by atoms with Crippen LogP contribution < -0.4 is 5.14 Å². The first kappa shape index (κ1) is 13.8. The van der Waals surface area contributed by atoms with Crippen LogP contribution in [0.2, 0.25) is 0 Å². The van der Waals surface area contributed by atoms with E-state index >= 15 is 0 Å². The average molecular weight is 259 g/mol. The molecule has 1 rings (SSSR count). The molecule has 94 valence electrons. The number of hydrogen-bond acceptors (Lipinski definition) is 3. The Balaban J connectivity index is 3.45. The number of alkyl halides is 1. The third-order valence-corrected chi connectivity index (χ3v) is 3.44. The van der Waals surface area contributed by atoms with Crippen molar-refractivity contribution in [3.8, 4) is 0 Å². The van der Waals surface area contributed by atoms with Gasteiger partial charge in [-0.05, 0) is 25.5 Å². The Labute approximate surface area is 99.7 Å². The summed E-state index contributed by atoms with van der Waals surface area (Å²) >= 11 is 0. The summed E-state index contributed by atoms with van der Waals surface area (Å²) in [5, 5.41) is 5.03. The first-order chi connectivity index (χ1) is 7.75. The summed E-state index contributed by atoms with van der Waals surface area (Å²) in [6.45, 7) is 2.44. The number of rotatable bonds is 4. The van der Waals surface area contributed by atoms with E-state index in [1.807, 2.05) is 0 Å². The molecule has 2 atom stereocenters. The van der Waals surface area contributed by atoms with Gasteiger partial charge in [0.05, 0.1) is 10.8 Å². The van der Waals surface area contributed by atoms with E-state index in [1.165, 1.54) is 32.0 Å². The fourth-order valence-corrected chi connectivity index (χ4v) is 2.58. The van der Waals surface area contributed by atoms with Gasteiger partial charge in [0.2, 0.25) is 10.0 Å². The minimum Gasteiger partial charge on any atom is -0.299 e. The minimum atomic E-state index is -3.96. The van der Waals surface area contributed by atoms with Crippen molar-refractivity contribution in [2.45, 2.75) is 30.8 Å². The largest absolute Gasteiger partial charge is 0.299 e. The molecular formula is C11H14FNO3S. The fourth-order valence-electron chi connectivity index (χ4n) is 1.79. The van der Waals surface area contributed by atoms with E-state index in [4.69, 9.17) is 5.14 Å². The molecule has 0 heterocycles. The lowest BCUT2D eigenvalue weighted by molar-refractivity contribution is -0.119. The van der Waals surface area contributed by atoms with E-state index in [1.54, 1.807) is 6.07 Å². The number of primary sulfonamides is 1. The standard InChI is InChI=1S/C11H14FNO3S/c1-7(12)11(8(2)14)9-5-3-4-6-10(9)17(13,15)16/h3-7,11H,1-2H3,(H2,13,15,16). The van der Waals surface area contributed by atoms with Crippen LogP contribution in [0.4, 0.5) is 4.39 Å². The normalized spacial score (nSPS) is 15.3. The van der Waals surface area contributed by atoms with E-state index in [-0.39, 0.29) is 10.5 Å². The Kier molecular flexibility index (Phi) is 4.00. The van der Waals surface area contributed by atoms with Gasteiger partial charge in [-0.1, -0.05) is 18.2 Å². The number of halogens is 1. The molecule has 0 spiro atoms. The van der Waals surface area contributed by atoms with Gasteiger partial charge in [0, 0.05) is 0 Å². The lowest BCUT2D eigenvalue weighted by Crippen LogP contribution is -2.23. The number of ketones is 1. The SMILES string of the molecule is CC(=O)C(c1ccccc1S(N)(=O)=O)C(C)F. The number of nitrogens with two attached hydrogens (primary N) is 1. The second-order valence-corrected chi connectivity index (χ2v) is 5.38. The maximum Gasteiger partial charge on any atom is 0.238 e. The van der Waals surface area contributed by atoms with Gasteiger partial charge in [0.25, 0.3) is 0 Å². The number of Topliss-reactive ketones (excluding diaryl/α,β-unsaturated/α-hetero) is 1. The molecule has 6 heteroatoms. The van der Waals surface area contributed by atoms with Crippen molar-refractivity contribution in [2.24, 2.45) is 5.14 Å². The van der Waals surface area contributed by atoms with Crippen molar-refractivity contribution < 1.29 is 17.6 Å². The number of hydrogen-bond donors (Lipinski definition) is 1. The monoisotopic (exact) mass is 259 g/mol. The van der Waals surface area contributed by atoms with Crippen molar-refractivity contribution in [2.75, 3.05) is 0 Å². The molecule has 0 radical (unpaired) electrons. The molecule has 1 aromatic rings. The first-order valence-corrected chi connectivity index (χ1v) is 6.56. The van der Waals surface area contributed by atoms with Gasteiger partial charge in [-0.15, -0.1) is 0 Å². The fraction of sp³-hybridized carbons (Fsp3) is 0.364. The summed E-state index contributed by atoms with van der Waals surface area (Å²) < 4.78 is 36.1. The molecule has 0 amide bonds. The molecule has 0 aliphatic carbocycles. The molecule has 0 saturated carbocycles. The highest BCUT2D eigenvalue weighted by molar-refractivity contribution is 7.89. The lowest BCUT2D eigenvalue weighted by Gasteiger charge is -2.18. The number of sulfonamides is 1. The maximum absolute atomic E-state index is 13.4. The first-order valence-electron chi connectivity index (χ1n) is 5.01. The highest BCUT2D eigenvalue weighted by Gasteiger charge is 2.28. The summed E-state index contributed by atoms with van der Waals surface area (Å²) in [5.41, 5.74) is 0.109. The molecule has 0 bridgehead atoms. The molecule has 2 N–H and O–H groups in total. The maximum atomic E-state index is 13.4. The van der Waals surface area contributed by atoms with Crippen molar-refractivity contribution >= 4 is 15.8 Å². The van der Waals surface area contributed by atoms with Crippen LogP contribution in [-0.4, -0.2) is 20.4 Å². The van der Waals surface area contributed by atoms with E-state index in [9.17, 15) is 17.6 Å². The Hall–Kier alpha value is -1.27. The zero-order valence-corrected chi connectivity index (χ0v) is 10.4. The number of benzene rings is 1. The lowest BCUT2D eigenvalue weighted by atomic mass is 9.91. The van der Waals surface area contributed by atoms with Crippen LogP contribution in [0.15, 0.2) is 29.2 Å². The molecule has 4 nitrogen and oxygen atoms in total. The average Bonchev–Trinajstić information content (AvgIpc) is 2.15. The van der Waals surface area contributed by atoms with Gasteiger partial charge in [0.15, 0.2) is 0 Å². The molecule has 0 fully saturated rings. The van der Waals surface area contributed by atoms with Crippen LogP contribution in [0.5, 0.6) is 0 Å². The summed E-state index contributed by atoms with van der Waals surface area (Å²) in [7, 11) is -3.96. The predicted molar refractivity (Wildman–Crippen MR) is 61.8 cm³/mol. The molecule has 2 unspecified atom stereocenters. The zero-order chi connectivity index (χ0) is 13.2. The highest BCUT2D eigenvalue weighted by atomic mass is 32.2. The van der Waals surface area contributed by atoms with E-state index in [0.717, 1.165) is 0 Å². The molecule has 0 saturated heterocycles. The van der Waals surface area contributed by atoms with Crippen molar-refractivity contribution in [3.63, 3.8) is 0 Å². The van der Waals surface area contributed by atoms with Gasteiger partial charge in [0.1, 0.15) is 12.0 Å². The number of carbonyl (C=O) groups excluding carboxylic acids is 1. The van der Waals surface area contributed by atoms with Crippen LogP contribution >= 0.6 is 0 Å². The van der Waals surface area contributed by atoms with E-state index < -0.39 is 27.9 Å². The Morgan fingerprint density at radius 2 is 1.88 bits per heavy atom. The molecule has 17 heavy (non-hydrogen) atoms. The molecule has 0 aromatic heterocycles. The zero-order valence-electron chi connectivity index (χ0n) is 9.55. The van der Waals surface area contributed by atoms with Gasteiger partial charge >= 0.3 is 0 Å². The van der Waals surface area contributed by atoms with Gasteiger partial charge < -0.3 is 0 Å². The van der Waals surface area contributed by atoms with Crippen molar-refractivity contribution in [1.29, 1.82) is 0 Å². The van der Waals surface area contributed by atoms with Crippen molar-refractivity contribution in [3.05, 3.63) is 29.8 Å². The summed E-state index contributed by atoms with van der Waals surface area (Å²) in [4.78, 5) is 11.2. The van der Waals surface area contributed by atoms with Crippen LogP contribution in [0.25, 0.3) is 0 Å². The Morgan fingerprint density at radius 3 is 2.29 bits per heavy atom. The van der Waals surface area contributed by atoms with Crippen LogP contribution in [-0.2, 0) is 14.8 Å². The van der Waals surface area contributed by atoms with Crippen LogP contribution in [0, 0.1) is 0 Å². The molecular weight excluding hydrogens is 245 g/mol.